The van der Waals surface area contributed by atoms with Crippen LogP contribution in [0.3, 0.4) is 0 Å². The van der Waals surface area contributed by atoms with E-state index < -0.39 is 7.29 Å². The van der Waals surface area contributed by atoms with Crippen LogP contribution in [0.4, 0.5) is 0 Å². The summed E-state index contributed by atoms with van der Waals surface area (Å²) in [5.41, 5.74) is 1.12. The highest BCUT2D eigenvalue weighted by atomic mass is 31.2. The topological polar surface area (TPSA) is 29.1 Å². The number of hydrogen-bond donors (Lipinski definition) is 1. The summed E-state index contributed by atoms with van der Waals surface area (Å²) < 4.78 is 14.3. The maximum Gasteiger partial charge on any atom is 0.205 e. The third-order valence-corrected chi connectivity index (χ3v) is 7.67. The van der Waals surface area contributed by atoms with Gasteiger partial charge in [-0.1, -0.05) is 78.9 Å². The molecule has 0 aliphatic rings. The molecule has 27 heavy (non-hydrogen) atoms. The first-order valence-corrected chi connectivity index (χ1v) is 10.9. The molecule has 0 radical (unpaired) electrons. The molecular weight excluding hydrogens is 349 g/mol. The number of nitrogens with one attached hydrogen (secondary N) is 1. The molecule has 0 heterocycles. The molecule has 1 N–H and O–H groups in total. The van der Waals surface area contributed by atoms with Gasteiger partial charge in [0.05, 0.1) is 0 Å². The highest BCUT2D eigenvalue weighted by molar-refractivity contribution is 7.77. The van der Waals surface area contributed by atoms with Crippen molar-refractivity contribution < 1.29 is 4.57 Å². The Hall–Kier alpha value is -2.67. The zero-order chi connectivity index (χ0) is 18.7. The average Bonchev–Trinajstić information content (AvgIpc) is 2.74. The minimum absolute atomic E-state index is 0.0382. The predicted octanol–water partition coefficient (Wildman–Crippen LogP) is 5.42. The highest BCUT2D eigenvalue weighted by Gasteiger charge is 2.29. The smallest absolute Gasteiger partial charge is 0.205 e. The standard InChI is InChI=1S/C24H22NOP/c1-19(20-10-4-2-5-11-20)25-27(26,23-14-6-3-7-15-23)24-17-16-21-12-8-9-13-22(21)18-24/h2-19H,1H3,(H,25,26)/t19-,27?/m0/s1. The van der Waals surface area contributed by atoms with Crippen LogP contribution in [0.5, 0.6) is 0 Å². The maximum atomic E-state index is 14.3. The van der Waals surface area contributed by atoms with E-state index in [0.717, 1.165) is 26.9 Å². The molecule has 4 rings (SSSR count). The van der Waals surface area contributed by atoms with E-state index in [1.807, 2.05) is 72.8 Å². The maximum absolute atomic E-state index is 14.3. The molecule has 2 atom stereocenters. The van der Waals surface area contributed by atoms with Crippen molar-refractivity contribution in [3.05, 3.63) is 109 Å². The van der Waals surface area contributed by atoms with E-state index in [2.05, 4.69) is 42.3 Å². The monoisotopic (exact) mass is 371 g/mol. The van der Waals surface area contributed by atoms with Gasteiger partial charge < -0.3 is 0 Å². The second-order valence-corrected chi connectivity index (χ2v) is 9.25. The van der Waals surface area contributed by atoms with Crippen LogP contribution < -0.4 is 15.7 Å². The fourth-order valence-electron chi connectivity index (χ4n) is 3.40. The Bertz CT molecular complexity index is 1090. The second-order valence-electron chi connectivity index (χ2n) is 6.74. The van der Waals surface area contributed by atoms with Gasteiger partial charge in [0.25, 0.3) is 0 Å². The first-order chi connectivity index (χ1) is 13.2. The normalized spacial score (nSPS) is 14.6. The van der Waals surface area contributed by atoms with E-state index in [-0.39, 0.29) is 6.04 Å². The molecule has 4 aromatic rings. The van der Waals surface area contributed by atoms with E-state index in [4.69, 9.17) is 0 Å². The van der Waals surface area contributed by atoms with Gasteiger partial charge in [0.15, 0.2) is 0 Å². The third kappa shape index (κ3) is 3.60. The zero-order valence-electron chi connectivity index (χ0n) is 15.2. The highest BCUT2D eigenvalue weighted by Crippen LogP contribution is 2.42. The summed E-state index contributed by atoms with van der Waals surface area (Å²) >= 11 is 0. The summed E-state index contributed by atoms with van der Waals surface area (Å²) in [6, 6.07) is 34.1. The van der Waals surface area contributed by atoms with Gasteiger partial charge in [-0.15, -0.1) is 0 Å². The van der Waals surface area contributed by atoms with Crippen LogP contribution in [-0.4, -0.2) is 0 Å². The lowest BCUT2D eigenvalue weighted by molar-refractivity contribution is 0.568. The predicted molar refractivity (Wildman–Crippen MR) is 115 cm³/mol. The minimum atomic E-state index is -3.00. The van der Waals surface area contributed by atoms with Gasteiger partial charge in [-0.25, -0.2) is 0 Å². The molecule has 0 saturated carbocycles. The van der Waals surface area contributed by atoms with Gasteiger partial charge in [-0.2, -0.15) is 0 Å². The van der Waals surface area contributed by atoms with Crippen molar-refractivity contribution >= 4 is 28.7 Å². The van der Waals surface area contributed by atoms with Gasteiger partial charge in [-0.3, -0.25) is 9.65 Å². The molecule has 4 aromatic carbocycles. The number of hydrogen-bond acceptors (Lipinski definition) is 1. The van der Waals surface area contributed by atoms with Crippen molar-refractivity contribution in [2.45, 2.75) is 13.0 Å². The molecule has 134 valence electrons. The molecule has 1 unspecified atom stereocenters. The molecule has 2 nitrogen and oxygen atoms in total. The Morgan fingerprint density at radius 1 is 0.667 bits per heavy atom. The lowest BCUT2D eigenvalue weighted by Gasteiger charge is -2.25. The van der Waals surface area contributed by atoms with Crippen LogP contribution in [0.2, 0.25) is 0 Å². The lowest BCUT2D eigenvalue weighted by Crippen LogP contribution is -2.29. The molecule has 0 fully saturated rings. The van der Waals surface area contributed by atoms with E-state index in [1.54, 1.807) is 0 Å². The molecule has 0 spiro atoms. The fourth-order valence-corrected chi connectivity index (χ4v) is 5.89. The van der Waals surface area contributed by atoms with Crippen LogP contribution in [0.15, 0.2) is 103 Å². The van der Waals surface area contributed by atoms with E-state index in [0.29, 0.717) is 0 Å². The summed E-state index contributed by atoms with van der Waals surface area (Å²) in [4.78, 5) is 0. The van der Waals surface area contributed by atoms with E-state index in [9.17, 15) is 4.57 Å². The molecule has 0 amide bonds. The van der Waals surface area contributed by atoms with Crippen molar-refractivity contribution in [1.82, 2.24) is 5.09 Å². The van der Waals surface area contributed by atoms with Crippen LogP contribution in [0.25, 0.3) is 10.8 Å². The molecule has 0 aliphatic heterocycles. The average molecular weight is 371 g/mol. The van der Waals surface area contributed by atoms with Gasteiger partial charge in [0, 0.05) is 16.7 Å². The van der Waals surface area contributed by atoms with Crippen LogP contribution in [0.1, 0.15) is 18.5 Å². The minimum Gasteiger partial charge on any atom is -0.297 e. The first kappa shape index (κ1) is 17.7. The SMILES string of the molecule is C[C@H](NP(=O)(c1ccccc1)c1ccc2ccccc2c1)c1ccccc1. The molecule has 0 aromatic heterocycles. The van der Waals surface area contributed by atoms with Crippen LogP contribution in [0, 0.1) is 0 Å². The summed E-state index contributed by atoms with van der Waals surface area (Å²) in [5, 5.41) is 7.36. The van der Waals surface area contributed by atoms with Crippen molar-refractivity contribution in [1.29, 1.82) is 0 Å². The van der Waals surface area contributed by atoms with Crippen LogP contribution >= 0.6 is 7.29 Å². The first-order valence-electron chi connectivity index (χ1n) is 9.14. The largest absolute Gasteiger partial charge is 0.297 e. The van der Waals surface area contributed by atoms with E-state index in [1.165, 1.54) is 0 Å². The van der Waals surface area contributed by atoms with E-state index >= 15 is 0 Å². The number of benzene rings is 4. The van der Waals surface area contributed by atoms with Crippen molar-refractivity contribution in [3.63, 3.8) is 0 Å². The Morgan fingerprint density at radius 3 is 1.96 bits per heavy atom. The van der Waals surface area contributed by atoms with Gasteiger partial charge >= 0.3 is 0 Å². The summed E-state index contributed by atoms with van der Waals surface area (Å²) in [7, 11) is -3.00. The van der Waals surface area contributed by atoms with Crippen molar-refractivity contribution in [2.75, 3.05) is 0 Å². The molecule has 0 aliphatic carbocycles. The molecule has 3 heteroatoms. The second kappa shape index (κ2) is 7.52. The van der Waals surface area contributed by atoms with Crippen molar-refractivity contribution in [3.8, 4) is 0 Å². The zero-order valence-corrected chi connectivity index (χ0v) is 16.1. The lowest BCUT2D eigenvalue weighted by atomic mass is 10.1. The summed E-state index contributed by atoms with van der Waals surface area (Å²) in [6.07, 6.45) is 0. The Balaban J connectivity index is 1.82. The number of fused-ring (bicyclic) bond motifs is 1. The summed E-state index contributed by atoms with van der Waals surface area (Å²) in [6.45, 7) is 2.06. The Morgan fingerprint density at radius 2 is 1.26 bits per heavy atom. The van der Waals surface area contributed by atoms with Gasteiger partial charge in [-0.05, 0) is 47.5 Å². The van der Waals surface area contributed by atoms with Crippen LogP contribution in [-0.2, 0) is 4.57 Å². The molecule has 0 saturated heterocycles. The number of rotatable bonds is 5. The Labute approximate surface area is 160 Å². The quantitative estimate of drug-likeness (QED) is 0.475. The molecular formula is C24H22NOP. The third-order valence-electron chi connectivity index (χ3n) is 4.89. The fraction of sp³-hybridized carbons (Fsp3) is 0.0833. The Kier molecular flexibility index (Phi) is 4.94. The van der Waals surface area contributed by atoms with Crippen molar-refractivity contribution in [2.24, 2.45) is 0 Å². The summed E-state index contributed by atoms with van der Waals surface area (Å²) in [5.74, 6) is 0. The molecule has 0 bridgehead atoms. The van der Waals surface area contributed by atoms with Gasteiger partial charge in [0.1, 0.15) is 0 Å². The van der Waals surface area contributed by atoms with Gasteiger partial charge in [0.2, 0.25) is 7.29 Å².